The first-order valence-electron chi connectivity index (χ1n) is 9.56. The Labute approximate surface area is 156 Å². The van der Waals surface area contributed by atoms with E-state index < -0.39 is 5.97 Å². The van der Waals surface area contributed by atoms with Gasteiger partial charge in [-0.2, -0.15) is 0 Å². The number of benzene rings is 1. The number of nitrogens with one attached hydrogen (secondary N) is 1. The van der Waals surface area contributed by atoms with Crippen LogP contribution in [0.1, 0.15) is 57.3 Å². The molecule has 26 heavy (non-hydrogen) atoms. The van der Waals surface area contributed by atoms with Gasteiger partial charge in [-0.25, -0.2) is 4.79 Å². The van der Waals surface area contributed by atoms with Gasteiger partial charge in [0.1, 0.15) is 5.75 Å². The Morgan fingerprint density at radius 3 is 2.50 bits per heavy atom. The minimum absolute atomic E-state index is 0.169. The average Bonchev–Trinajstić information content (AvgIpc) is 2.62. The third kappa shape index (κ3) is 6.04. The predicted octanol–water partition coefficient (Wildman–Crippen LogP) is 3.82. The minimum atomic E-state index is -0.499. The molecule has 1 aliphatic carbocycles. The number of carbonyl (C=O) groups excluding carboxylic acids is 2. The van der Waals surface area contributed by atoms with Gasteiger partial charge in [-0.05, 0) is 48.4 Å². The Morgan fingerprint density at radius 2 is 1.85 bits per heavy atom. The van der Waals surface area contributed by atoms with Crippen molar-refractivity contribution in [3.05, 3.63) is 29.8 Å². The van der Waals surface area contributed by atoms with Crippen molar-refractivity contribution in [3.63, 3.8) is 0 Å². The summed E-state index contributed by atoms with van der Waals surface area (Å²) in [7, 11) is 0. The highest BCUT2D eigenvalue weighted by atomic mass is 16.5. The van der Waals surface area contributed by atoms with Gasteiger partial charge < -0.3 is 14.8 Å². The minimum Gasteiger partial charge on any atom is -0.493 e. The number of rotatable bonds is 7. The molecule has 0 saturated heterocycles. The van der Waals surface area contributed by atoms with E-state index in [9.17, 15) is 9.59 Å². The molecular weight excluding hydrogens is 330 g/mol. The molecule has 1 N–H and O–H groups in total. The molecular formula is C21H31NO4. The van der Waals surface area contributed by atoms with Gasteiger partial charge >= 0.3 is 5.97 Å². The molecule has 0 aromatic heterocycles. The van der Waals surface area contributed by atoms with Crippen molar-refractivity contribution in [2.75, 3.05) is 13.2 Å². The van der Waals surface area contributed by atoms with Gasteiger partial charge in [0.25, 0.3) is 5.91 Å². The lowest BCUT2D eigenvalue weighted by atomic mass is 9.78. The highest BCUT2D eigenvalue weighted by Gasteiger charge is 2.28. The van der Waals surface area contributed by atoms with Crippen LogP contribution in [-0.4, -0.2) is 31.1 Å². The van der Waals surface area contributed by atoms with Crippen LogP contribution >= 0.6 is 0 Å². The van der Waals surface area contributed by atoms with Crippen LogP contribution < -0.4 is 10.1 Å². The van der Waals surface area contributed by atoms with Gasteiger partial charge in [0.2, 0.25) is 0 Å². The molecule has 1 aliphatic rings. The van der Waals surface area contributed by atoms with E-state index in [1.165, 1.54) is 6.42 Å². The monoisotopic (exact) mass is 361 g/mol. The van der Waals surface area contributed by atoms with E-state index in [1.54, 1.807) is 24.3 Å². The molecule has 0 aliphatic heterocycles. The Bertz CT molecular complexity index is 597. The standard InChI is InChI=1S/C21H31NO4/c1-14(2)12-25-18-10-8-17(9-11-18)21(24)26-13-20(23)22-19-7-5-6-15(3)16(19)4/h8-11,14-16,19H,5-7,12-13H2,1-4H3,(H,22,23)/t15-,16-,19-/m1/s1. The molecule has 144 valence electrons. The Kier molecular flexibility index (Phi) is 7.49. The van der Waals surface area contributed by atoms with E-state index in [0.717, 1.165) is 12.8 Å². The lowest BCUT2D eigenvalue weighted by Gasteiger charge is -2.34. The lowest BCUT2D eigenvalue weighted by molar-refractivity contribution is -0.125. The molecule has 1 aromatic carbocycles. The molecule has 0 spiro atoms. The number of hydrogen-bond donors (Lipinski definition) is 1. The van der Waals surface area contributed by atoms with Crippen LogP contribution in [0.15, 0.2) is 24.3 Å². The van der Waals surface area contributed by atoms with Crippen molar-refractivity contribution >= 4 is 11.9 Å². The third-order valence-corrected chi connectivity index (χ3v) is 5.06. The maximum absolute atomic E-state index is 12.1. The van der Waals surface area contributed by atoms with Crippen molar-refractivity contribution in [2.45, 2.75) is 53.0 Å². The molecule has 1 fully saturated rings. The topological polar surface area (TPSA) is 64.6 Å². The van der Waals surface area contributed by atoms with Gasteiger partial charge in [0, 0.05) is 6.04 Å². The van der Waals surface area contributed by atoms with Crippen LogP contribution in [0.3, 0.4) is 0 Å². The molecule has 0 radical (unpaired) electrons. The zero-order valence-corrected chi connectivity index (χ0v) is 16.3. The molecule has 0 bridgehead atoms. The summed E-state index contributed by atoms with van der Waals surface area (Å²) >= 11 is 0. The van der Waals surface area contributed by atoms with E-state index in [1.807, 2.05) is 0 Å². The Hall–Kier alpha value is -2.04. The second-order valence-electron chi connectivity index (χ2n) is 7.75. The highest BCUT2D eigenvalue weighted by molar-refractivity contribution is 5.91. The smallest absolute Gasteiger partial charge is 0.338 e. The molecule has 2 rings (SSSR count). The summed E-state index contributed by atoms with van der Waals surface area (Å²) in [6.45, 7) is 8.92. The fraction of sp³-hybridized carbons (Fsp3) is 0.619. The van der Waals surface area contributed by atoms with Gasteiger partial charge in [0.05, 0.1) is 12.2 Å². The molecule has 1 amide bonds. The maximum Gasteiger partial charge on any atom is 0.338 e. The van der Waals surface area contributed by atoms with Crippen molar-refractivity contribution in [2.24, 2.45) is 17.8 Å². The molecule has 1 aromatic rings. The zero-order chi connectivity index (χ0) is 19.1. The summed E-state index contributed by atoms with van der Waals surface area (Å²) in [4.78, 5) is 24.2. The fourth-order valence-electron chi connectivity index (χ4n) is 3.20. The summed E-state index contributed by atoms with van der Waals surface area (Å²) in [5.41, 5.74) is 0.411. The lowest BCUT2D eigenvalue weighted by Crippen LogP contribution is -2.45. The van der Waals surface area contributed by atoms with Crippen molar-refractivity contribution in [3.8, 4) is 5.75 Å². The van der Waals surface area contributed by atoms with E-state index >= 15 is 0 Å². The molecule has 5 nitrogen and oxygen atoms in total. The Morgan fingerprint density at radius 1 is 1.15 bits per heavy atom. The summed E-state index contributed by atoms with van der Waals surface area (Å²) in [5, 5.41) is 3.01. The number of hydrogen-bond acceptors (Lipinski definition) is 4. The molecule has 5 heteroatoms. The SMILES string of the molecule is CC(C)COc1ccc(C(=O)OCC(=O)N[C@@H]2CCC[C@@H](C)[C@H]2C)cc1. The van der Waals surface area contributed by atoms with E-state index in [0.29, 0.717) is 35.7 Å². The largest absolute Gasteiger partial charge is 0.493 e. The van der Waals surface area contributed by atoms with Crippen LogP contribution in [0.25, 0.3) is 0 Å². The summed E-state index contributed by atoms with van der Waals surface area (Å²) in [5.74, 6) is 1.47. The molecule has 3 atom stereocenters. The van der Waals surface area contributed by atoms with Crippen LogP contribution in [0.5, 0.6) is 5.75 Å². The first kappa shape index (κ1) is 20.3. The van der Waals surface area contributed by atoms with E-state index in [4.69, 9.17) is 9.47 Å². The number of esters is 1. The maximum atomic E-state index is 12.1. The van der Waals surface area contributed by atoms with Gasteiger partial charge in [-0.15, -0.1) is 0 Å². The van der Waals surface area contributed by atoms with Gasteiger partial charge in [-0.3, -0.25) is 4.79 Å². The fourth-order valence-corrected chi connectivity index (χ4v) is 3.20. The van der Waals surface area contributed by atoms with E-state index in [2.05, 4.69) is 33.0 Å². The van der Waals surface area contributed by atoms with Crippen molar-refractivity contribution < 1.29 is 19.1 Å². The van der Waals surface area contributed by atoms with Crippen molar-refractivity contribution in [1.29, 1.82) is 0 Å². The van der Waals surface area contributed by atoms with Crippen LogP contribution in [0, 0.1) is 17.8 Å². The second-order valence-corrected chi connectivity index (χ2v) is 7.75. The average molecular weight is 361 g/mol. The summed E-state index contributed by atoms with van der Waals surface area (Å²) in [6, 6.07) is 6.96. The zero-order valence-electron chi connectivity index (χ0n) is 16.3. The quantitative estimate of drug-likeness (QED) is 0.750. The Balaban J connectivity index is 1.77. The third-order valence-electron chi connectivity index (χ3n) is 5.06. The number of amides is 1. The van der Waals surface area contributed by atoms with E-state index in [-0.39, 0.29) is 18.6 Å². The first-order chi connectivity index (χ1) is 12.4. The summed E-state index contributed by atoms with van der Waals surface area (Å²) in [6.07, 6.45) is 3.32. The highest BCUT2D eigenvalue weighted by Crippen LogP contribution is 2.29. The molecule has 0 unspecified atom stereocenters. The van der Waals surface area contributed by atoms with Gasteiger partial charge in [0.15, 0.2) is 6.61 Å². The predicted molar refractivity (Wildman–Crippen MR) is 101 cm³/mol. The molecule has 0 heterocycles. The van der Waals surface area contributed by atoms with Crippen LogP contribution in [-0.2, 0) is 9.53 Å². The van der Waals surface area contributed by atoms with Gasteiger partial charge in [-0.1, -0.05) is 40.5 Å². The van der Waals surface area contributed by atoms with Crippen LogP contribution in [0.2, 0.25) is 0 Å². The number of ether oxygens (including phenoxy) is 2. The summed E-state index contributed by atoms with van der Waals surface area (Å²) < 4.78 is 10.7. The van der Waals surface area contributed by atoms with Crippen LogP contribution in [0.4, 0.5) is 0 Å². The second kappa shape index (κ2) is 9.60. The first-order valence-corrected chi connectivity index (χ1v) is 9.56. The molecule has 1 saturated carbocycles. The van der Waals surface area contributed by atoms with Crippen molar-refractivity contribution in [1.82, 2.24) is 5.32 Å². The number of carbonyl (C=O) groups is 2. The normalized spacial score (nSPS) is 22.7.